The monoisotopic (exact) mass is 383 g/mol. The highest BCUT2D eigenvalue weighted by Gasteiger charge is 2.15. The molecule has 3 aromatic rings. The molecule has 0 bridgehead atoms. The number of nitrogens with zero attached hydrogens (tertiary/aromatic N) is 1. The van der Waals surface area contributed by atoms with Crippen LogP contribution >= 0.6 is 0 Å². The minimum absolute atomic E-state index is 0.237. The number of hydrogen-bond acceptors (Lipinski definition) is 2. The number of benzene rings is 3. The number of sulfonamides is 1. The maximum atomic E-state index is 12.8. The lowest BCUT2D eigenvalue weighted by atomic mass is 10.1. The van der Waals surface area contributed by atoms with Gasteiger partial charge in [0.05, 0.1) is 4.90 Å². The molecule has 1 atom stereocenters. The molecule has 0 spiro atoms. The van der Waals surface area contributed by atoms with Crippen molar-refractivity contribution in [1.82, 2.24) is 0 Å². The van der Waals surface area contributed by atoms with Gasteiger partial charge in [-0.3, -0.25) is 0 Å². The van der Waals surface area contributed by atoms with E-state index in [4.69, 9.17) is 0 Å². The molecule has 0 aromatic heterocycles. The molecule has 0 aliphatic heterocycles. The summed E-state index contributed by atoms with van der Waals surface area (Å²) in [5, 5.41) is 2.14. The van der Waals surface area contributed by atoms with Crippen molar-refractivity contribution < 1.29 is 8.42 Å². The van der Waals surface area contributed by atoms with Crippen molar-refractivity contribution in [2.24, 2.45) is 3.77 Å². The molecule has 0 saturated carbocycles. The van der Waals surface area contributed by atoms with Gasteiger partial charge < -0.3 is 0 Å². The van der Waals surface area contributed by atoms with Crippen molar-refractivity contribution in [2.75, 3.05) is 5.75 Å². The summed E-state index contributed by atoms with van der Waals surface area (Å²) in [6.45, 7) is 3.86. The van der Waals surface area contributed by atoms with Gasteiger partial charge in [0.1, 0.15) is 0 Å². The van der Waals surface area contributed by atoms with E-state index in [2.05, 4.69) is 3.77 Å². The third-order valence-corrected chi connectivity index (χ3v) is 7.74. The fourth-order valence-corrected chi connectivity index (χ4v) is 6.19. The van der Waals surface area contributed by atoms with Gasteiger partial charge in [-0.2, -0.15) is 8.42 Å². The molecule has 0 saturated heterocycles. The molecule has 0 aliphatic rings. The van der Waals surface area contributed by atoms with E-state index in [0.29, 0.717) is 5.75 Å². The number of aryl methyl sites for hydroxylation is 1. The van der Waals surface area contributed by atoms with Crippen LogP contribution in [0.1, 0.15) is 12.5 Å². The SMILES string of the molecule is C/C=C/C/S(=N/S(=O)(=O)c1ccc(C)cc1)c1cccc2ccccc12. The Kier molecular flexibility index (Phi) is 5.69. The molecule has 0 fully saturated rings. The van der Waals surface area contributed by atoms with Gasteiger partial charge >= 0.3 is 0 Å². The van der Waals surface area contributed by atoms with Crippen LogP contribution in [0, 0.1) is 6.92 Å². The van der Waals surface area contributed by atoms with Crippen molar-refractivity contribution in [3.63, 3.8) is 0 Å². The van der Waals surface area contributed by atoms with Crippen LogP contribution in [0.25, 0.3) is 10.8 Å². The van der Waals surface area contributed by atoms with E-state index in [1.807, 2.05) is 68.5 Å². The summed E-state index contributed by atoms with van der Waals surface area (Å²) in [6, 6.07) is 20.8. The van der Waals surface area contributed by atoms with Gasteiger partial charge in [-0.1, -0.05) is 66.2 Å². The zero-order valence-corrected chi connectivity index (χ0v) is 16.4. The average Bonchev–Trinajstić information content (AvgIpc) is 2.65. The molecule has 0 radical (unpaired) electrons. The number of fused-ring (bicyclic) bond motifs is 1. The predicted octanol–water partition coefficient (Wildman–Crippen LogP) is 5.27. The summed E-state index contributed by atoms with van der Waals surface area (Å²) < 4.78 is 30.0. The van der Waals surface area contributed by atoms with Gasteiger partial charge in [-0.05, 0) is 53.5 Å². The van der Waals surface area contributed by atoms with Crippen molar-refractivity contribution in [3.8, 4) is 0 Å². The van der Waals surface area contributed by atoms with Crippen LogP contribution in [-0.4, -0.2) is 14.2 Å². The highest BCUT2D eigenvalue weighted by molar-refractivity contribution is 8.00. The van der Waals surface area contributed by atoms with Gasteiger partial charge in [-0.15, -0.1) is 3.77 Å². The second-order valence-corrected chi connectivity index (χ2v) is 9.46. The van der Waals surface area contributed by atoms with Crippen LogP contribution in [0.3, 0.4) is 0 Å². The molecule has 5 heteroatoms. The highest BCUT2D eigenvalue weighted by atomic mass is 32.3. The summed E-state index contributed by atoms with van der Waals surface area (Å²) in [5.41, 5.74) is 1.02. The van der Waals surface area contributed by atoms with Crippen LogP contribution < -0.4 is 0 Å². The predicted molar refractivity (Wildman–Crippen MR) is 110 cm³/mol. The highest BCUT2D eigenvalue weighted by Crippen LogP contribution is 2.25. The van der Waals surface area contributed by atoms with Crippen molar-refractivity contribution in [1.29, 1.82) is 0 Å². The first-order chi connectivity index (χ1) is 12.5. The average molecular weight is 384 g/mol. The van der Waals surface area contributed by atoms with Crippen molar-refractivity contribution >= 4 is 31.5 Å². The fourth-order valence-electron chi connectivity index (χ4n) is 2.62. The first kappa shape index (κ1) is 18.5. The third-order valence-electron chi connectivity index (χ3n) is 4.00. The third kappa shape index (κ3) is 4.11. The molecule has 0 amide bonds. The van der Waals surface area contributed by atoms with Gasteiger partial charge in [0.15, 0.2) is 0 Å². The quantitative estimate of drug-likeness (QED) is 0.563. The van der Waals surface area contributed by atoms with E-state index in [1.165, 1.54) is 0 Å². The van der Waals surface area contributed by atoms with Gasteiger partial charge in [-0.25, -0.2) is 0 Å². The van der Waals surface area contributed by atoms with Crippen molar-refractivity contribution in [3.05, 3.63) is 84.4 Å². The Bertz CT molecular complexity index is 1080. The van der Waals surface area contributed by atoms with E-state index in [-0.39, 0.29) is 4.90 Å². The van der Waals surface area contributed by atoms with E-state index in [0.717, 1.165) is 21.2 Å². The minimum Gasteiger partial charge on any atom is -0.199 e. The normalized spacial score (nSPS) is 13.5. The zero-order chi connectivity index (χ0) is 18.6. The minimum atomic E-state index is -3.72. The first-order valence-corrected chi connectivity index (χ1v) is 11.1. The second kappa shape index (κ2) is 7.98. The topological polar surface area (TPSA) is 46.5 Å². The summed E-state index contributed by atoms with van der Waals surface area (Å²) in [4.78, 5) is 1.19. The lowest BCUT2D eigenvalue weighted by Crippen LogP contribution is -2.04. The lowest BCUT2D eigenvalue weighted by Gasteiger charge is -2.10. The summed E-state index contributed by atoms with van der Waals surface area (Å²) in [7, 11) is -4.51. The molecule has 3 nitrogen and oxygen atoms in total. The lowest BCUT2D eigenvalue weighted by molar-refractivity contribution is 0.598. The Balaban J connectivity index is 2.16. The van der Waals surface area contributed by atoms with Crippen LogP contribution in [0.15, 0.2) is 92.4 Å². The number of allylic oxidation sites excluding steroid dienone is 1. The largest absolute Gasteiger partial charge is 0.288 e. The molecule has 0 aliphatic carbocycles. The molecule has 3 aromatic carbocycles. The molecule has 26 heavy (non-hydrogen) atoms. The van der Waals surface area contributed by atoms with E-state index >= 15 is 0 Å². The Labute approximate surface area is 157 Å². The van der Waals surface area contributed by atoms with Crippen LogP contribution in [0.4, 0.5) is 0 Å². The molecule has 0 heterocycles. The summed E-state index contributed by atoms with van der Waals surface area (Å²) >= 11 is 0. The van der Waals surface area contributed by atoms with Gasteiger partial charge in [0, 0.05) is 10.6 Å². The van der Waals surface area contributed by atoms with Crippen molar-refractivity contribution in [2.45, 2.75) is 23.6 Å². The second-order valence-electron chi connectivity index (χ2n) is 5.94. The molecule has 3 rings (SSSR count). The Hall–Kier alpha value is -2.24. The molecular formula is C21H21NO2S2. The first-order valence-electron chi connectivity index (χ1n) is 8.36. The molecular weight excluding hydrogens is 362 g/mol. The maximum absolute atomic E-state index is 12.8. The Morgan fingerprint density at radius 3 is 2.38 bits per heavy atom. The van der Waals surface area contributed by atoms with Crippen LogP contribution in [0.5, 0.6) is 0 Å². The Morgan fingerprint density at radius 2 is 1.65 bits per heavy atom. The smallest absolute Gasteiger partial charge is 0.199 e. The number of hydrogen-bond donors (Lipinski definition) is 0. The molecule has 134 valence electrons. The summed E-state index contributed by atoms with van der Waals surface area (Å²) in [6.07, 6.45) is 3.90. The van der Waals surface area contributed by atoms with Crippen LogP contribution in [-0.2, 0) is 20.7 Å². The zero-order valence-electron chi connectivity index (χ0n) is 14.8. The van der Waals surface area contributed by atoms with Gasteiger partial charge in [0.25, 0.3) is 10.0 Å². The molecule has 0 N–H and O–H groups in total. The van der Waals surface area contributed by atoms with Crippen LogP contribution in [0.2, 0.25) is 0 Å². The number of rotatable bonds is 5. The van der Waals surface area contributed by atoms with Gasteiger partial charge in [0.2, 0.25) is 0 Å². The van der Waals surface area contributed by atoms with E-state index in [9.17, 15) is 8.42 Å². The van der Waals surface area contributed by atoms with E-state index < -0.39 is 20.7 Å². The standard InChI is InChI=1S/C21H21NO2S2/c1-3-4-16-25(21-11-7-9-18-8-5-6-10-20(18)21)22-26(23,24)19-14-12-17(2)13-15-19/h3-15H,16H2,1-2H3/b4-3+. The Morgan fingerprint density at radius 1 is 0.962 bits per heavy atom. The van der Waals surface area contributed by atoms with E-state index in [1.54, 1.807) is 24.3 Å². The molecule has 1 unspecified atom stereocenters. The fraction of sp³-hybridized carbons (Fsp3) is 0.143. The maximum Gasteiger partial charge on any atom is 0.288 e. The summed E-state index contributed by atoms with van der Waals surface area (Å²) in [5.74, 6) is 0.565.